The number of nitrogens with zero attached hydrogens (tertiary/aromatic N) is 2. The van der Waals surface area contributed by atoms with E-state index in [0.717, 1.165) is 34.2 Å². The summed E-state index contributed by atoms with van der Waals surface area (Å²) in [6.07, 6.45) is 6.62. The molecule has 5 heteroatoms. The fourth-order valence-corrected chi connectivity index (χ4v) is 6.22. The smallest absolute Gasteiger partial charge is 0.269 e. The Labute approximate surface area is 178 Å². The minimum absolute atomic E-state index is 0.0914. The first-order valence-electron chi connectivity index (χ1n) is 10.5. The van der Waals surface area contributed by atoms with Crippen molar-refractivity contribution in [3.05, 3.63) is 63.2 Å². The van der Waals surface area contributed by atoms with Gasteiger partial charge in [-0.15, -0.1) is 0 Å². The first-order valence-corrected chi connectivity index (χ1v) is 10.9. The summed E-state index contributed by atoms with van der Waals surface area (Å²) in [5.41, 5.74) is 3.42. The Morgan fingerprint density at radius 3 is 2.24 bits per heavy atom. The van der Waals surface area contributed by atoms with Crippen molar-refractivity contribution >= 4 is 28.7 Å². The number of hydrogen-bond donors (Lipinski definition) is 0. The highest BCUT2D eigenvalue weighted by Crippen LogP contribution is 2.52. The third kappa shape index (κ3) is 4.00. The number of halogens is 1. The molecule has 2 bridgehead atoms. The van der Waals surface area contributed by atoms with Crippen LogP contribution in [-0.2, 0) is 5.41 Å². The molecule has 2 aliphatic carbocycles. The van der Waals surface area contributed by atoms with Crippen LogP contribution in [0.1, 0.15) is 51.5 Å². The number of hydrogen-bond acceptors (Lipinski definition) is 3. The highest BCUT2D eigenvalue weighted by Gasteiger charge is 2.41. The van der Waals surface area contributed by atoms with Gasteiger partial charge >= 0.3 is 0 Å². The largest absolute Gasteiger partial charge is 0.343 e. The quantitative estimate of drug-likeness (QED) is 0.396. The Bertz CT molecular complexity index is 894. The average Bonchev–Trinajstić information content (AvgIpc) is 2.66. The van der Waals surface area contributed by atoms with E-state index in [-0.39, 0.29) is 16.0 Å². The predicted octanol–water partition coefficient (Wildman–Crippen LogP) is 7.12. The Kier molecular flexibility index (Phi) is 5.32. The minimum Gasteiger partial charge on any atom is -0.343 e. The molecule has 2 unspecified atom stereocenters. The monoisotopic (exact) mass is 412 g/mol. The van der Waals surface area contributed by atoms with Gasteiger partial charge in [-0.3, -0.25) is 10.1 Å². The van der Waals surface area contributed by atoms with E-state index < -0.39 is 0 Å². The van der Waals surface area contributed by atoms with Crippen molar-refractivity contribution in [3.8, 4) is 0 Å². The van der Waals surface area contributed by atoms with Crippen LogP contribution in [0.25, 0.3) is 0 Å². The molecule has 0 radical (unpaired) electrons. The first kappa shape index (κ1) is 20.2. The van der Waals surface area contributed by atoms with E-state index in [1.54, 1.807) is 12.1 Å². The second kappa shape index (κ2) is 7.64. The number of benzene rings is 2. The van der Waals surface area contributed by atoms with E-state index in [0.29, 0.717) is 0 Å². The van der Waals surface area contributed by atoms with Crippen LogP contribution in [0.2, 0.25) is 5.02 Å². The highest BCUT2D eigenvalue weighted by atomic mass is 35.5. The molecule has 2 aromatic carbocycles. The molecule has 2 aliphatic rings. The lowest BCUT2D eigenvalue weighted by Crippen LogP contribution is -2.38. The predicted molar refractivity (Wildman–Crippen MR) is 119 cm³/mol. The van der Waals surface area contributed by atoms with Crippen LogP contribution in [0.3, 0.4) is 0 Å². The molecular weight excluding hydrogens is 384 g/mol. The van der Waals surface area contributed by atoms with Crippen LogP contribution >= 0.6 is 11.6 Å². The Balaban J connectivity index is 1.57. The van der Waals surface area contributed by atoms with Crippen LogP contribution in [0.4, 0.5) is 17.1 Å². The number of nitro benzene ring substituents is 1. The average molecular weight is 413 g/mol. The zero-order valence-corrected chi connectivity index (χ0v) is 18.2. The molecule has 0 aliphatic heterocycles. The van der Waals surface area contributed by atoms with Gasteiger partial charge in [-0.2, -0.15) is 0 Å². The highest BCUT2D eigenvalue weighted by molar-refractivity contribution is 6.33. The molecular formula is C24H29ClN2O2. The van der Waals surface area contributed by atoms with E-state index in [2.05, 4.69) is 32.0 Å². The van der Waals surface area contributed by atoms with Crippen molar-refractivity contribution in [1.29, 1.82) is 0 Å². The van der Waals surface area contributed by atoms with Gasteiger partial charge in [0.25, 0.3) is 5.69 Å². The molecule has 154 valence electrons. The van der Waals surface area contributed by atoms with Gasteiger partial charge in [0.1, 0.15) is 0 Å². The zero-order chi connectivity index (χ0) is 20.8. The molecule has 2 saturated carbocycles. The van der Waals surface area contributed by atoms with Crippen LogP contribution in [0.15, 0.2) is 42.5 Å². The third-order valence-electron chi connectivity index (χ3n) is 7.07. The lowest BCUT2D eigenvalue weighted by molar-refractivity contribution is -0.384. The van der Waals surface area contributed by atoms with Crippen molar-refractivity contribution in [1.82, 2.24) is 0 Å². The maximum absolute atomic E-state index is 10.9. The van der Waals surface area contributed by atoms with Crippen molar-refractivity contribution < 1.29 is 4.92 Å². The molecule has 2 aromatic rings. The SMILES string of the molecule is CC1CC2CC(C1)CC(C)(c1ccc(N(C)c3ccc([N+](=O)[O-])cc3)c(Cl)c1)C2. The summed E-state index contributed by atoms with van der Waals surface area (Å²) < 4.78 is 0. The Morgan fingerprint density at radius 1 is 1.07 bits per heavy atom. The summed E-state index contributed by atoms with van der Waals surface area (Å²) >= 11 is 6.73. The molecule has 0 N–H and O–H groups in total. The van der Waals surface area contributed by atoms with Crippen molar-refractivity contribution in [2.24, 2.45) is 17.8 Å². The van der Waals surface area contributed by atoms with E-state index in [1.807, 2.05) is 11.9 Å². The molecule has 4 nitrogen and oxygen atoms in total. The summed E-state index contributed by atoms with van der Waals surface area (Å²) in [6, 6.07) is 13.0. The second-order valence-electron chi connectivity index (χ2n) is 9.51. The molecule has 0 saturated heterocycles. The van der Waals surface area contributed by atoms with E-state index in [4.69, 9.17) is 11.6 Å². The maximum atomic E-state index is 10.9. The van der Waals surface area contributed by atoms with Gasteiger partial charge in [0.15, 0.2) is 0 Å². The van der Waals surface area contributed by atoms with E-state index in [9.17, 15) is 10.1 Å². The molecule has 0 aromatic heterocycles. The molecule has 2 atom stereocenters. The standard InChI is InChI=1S/C24H29ClN2O2/c1-16-10-17-12-18(11-16)15-24(2,14-17)19-4-9-23(22(25)13-19)26(3)20-5-7-21(8-6-20)27(28)29/h4-9,13,16-18H,10-12,14-15H2,1-3H3. The Hall–Kier alpha value is -2.07. The van der Waals surface area contributed by atoms with Gasteiger partial charge in [-0.05, 0) is 85.1 Å². The minimum atomic E-state index is -0.382. The summed E-state index contributed by atoms with van der Waals surface area (Å²) in [4.78, 5) is 12.5. The normalized spacial score (nSPS) is 28.8. The van der Waals surface area contributed by atoms with Crippen molar-refractivity contribution in [2.45, 2.75) is 51.4 Å². The van der Waals surface area contributed by atoms with Crippen LogP contribution in [-0.4, -0.2) is 12.0 Å². The van der Waals surface area contributed by atoms with E-state index >= 15 is 0 Å². The maximum Gasteiger partial charge on any atom is 0.269 e. The van der Waals surface area contributed by atoms with Crippen molar-refractivity contribution in [3.63, 3.8) is 0 Å². The zero-order valence-electron chi connectivity index (χ0n) is 17.4. The summed E-state index contributed by atoms with van der Waals surface area (Å²) in [5, 5.41) is 11.6. The van der Waals surface area contributed by atoms with Gasteiger partial charge in [0, 0.05) is 24.9 Å². The number of anilines is 2. The summed E-state index contributed by atoms with van der Waals surface area (Å²) in [6.45, 7) is 4.81. The molecule has 4 rings (SSSR count). The van der Waals surface area contributed by atoms with Crippen LogP contribution in [0.5, 0.6) is 0 Å². The Morgan fingerprint density at radius 2 is 1.69 bits per heavy atom. The third-order valence-corrected chi connectivity index (χ3v) is 7.37. The van der Waals surface area contributed by atoms with Crippen molar-refractivity contribution in [2.75, 3.05) is 11.9 Å². The fourth-order valence-electron chi connectivity index (χ4n) is 5.92. The van der Waals surface area contributed by atoms with E-state index in [1.165, 1.54) is 49.8 Å². The number of rotatable bonds is 4. The van der Waals surface area contributed by atoms with Crippen LogP contribution < -0.4 is 4.90 Å². The molecule has 0 amide bonds. The number of non-ortho nitro benzene ring substituents is 1. The summed E-state index contributed by atoms with van der Waals surface area (Å²) in [7, 11) is 1.94. The first-order chi connectivity index (χ1) is 13.7. The van der Waals surface area contributed by atoms with Gasteiger partial charge < -0.3 is 4.90 Å². The molecule has 29 heavy (non-hydrogen) atoms. The summed E-state index contributed by atoms with van der Waals surface area (Å²) in [5.74, 6) is 2.54. The van der Waals surface area contributed by atoms with Gasteiger partial charge in [-0.25, -0.2) is 0 Å². The lowest BCUT2D eigenvalue weighted by Gasteiger charge is -2.47. The number of nitro groups is 1. The van der Waals surface area contributed by atoms with Gasteiger partial charge in [0.2, 0.25) is 0 Å². The van der Waals surface area contributed by atoms with Gasteiger partial charge in [-0.1, -0.05) is 31.5 Å². The second-order valence-corrected chi connectivity index (χ2v) is 9.92. The fraction of sp³-hybridized carbons (Fsp3) is 0.500. The van der Waals surface area contributed by atoms with Gasteiger partial charge in [0.05, 0.1) is 15.6 Å². The van der Waals surface area contributed by atoms with Crippen LogP contribution in [0, 0.1) is 27.9 Å². The number of fused-ring (bicyclic) bond motifs is 2. The molecule has 0 spiro atoms. The molecule has 2 fully saturated rings. The topological polar surface area (TPSA) is 46.4 Å². The molecule has 0 heterocycles. The lowest BCUT2D eigenvalue weighted by atomic mass is 9.57.